The van der Waals surface area contributed by atoms with Crippen LogP contribution < -0.4 is 0 Å². The van der Waals surface area contributed by atoms with Crippen LogP contribution in [0.1, 0.15) is 25.7 Å². The number of methoxy groups -OCH3 is 1. The summed E-state index contributed by atoms with van der Waals surface area (Å²) < 4.78 is 66.3. The monoisotopic (exact) mass is 262 g/mol. The van der Waals surface area contributed by atoms with Gasteiger partial charge in [0.25, 0.3) is 0 Å². The van der Waals surface area contributed by atoms with Crippen LogP contribution in [0.4, 0.5) is 13.2 Å². The maximum absolute atomic E-state index is 12.0. The zero-order chi connectivity index (χ0) is 12.4. The highest BCUT2D eigenvalue weighted by Gasteiger charge is 2.49. The highest BCUT2D eigenvalue weighted by Crippen LogP contribution is 2.34. The Morgan fingerprint density at radius 2 is 1.75 bits per heavy atom. The van der Waals surface area contributed by atoms with Crippen LogP contribution in [0.2, 0.25) is 0 Å². The van der Waals surface area contributed by atoms with Gasteiger partial charge in [0.2, 0.25) is 0 Å². The molecule has 1 aliphatic rings. The minimum atomic E-state index is -5.51. The molecule has 0 aromatic carbocycles. The van der Waals surface area contributed by atoms with Crippen molar-refractivity contribution in [3.8, 4) is 0 Å². The van der Waals surface area contributed by atoms with E-state index in [0.29, 0.717) is 12.8 Å². The molecule has 4 nitrogen and oxygen atoms in total. The molecule has 0 atom stereocenters. The quantitative estimate of drug-likeness (QED) is 0.572. The third-order valence-corrected chi connectivity index (χ3v) is 3.70. The number of ether oxygens (including phenoxy) is 1. The van der Waals surface area contributed by atoms with E-state index in [1.54, 1.807) is 0 Å². The molecule has 0 aliphatic heterocycles. The average molecular weight is 262 g/mol. The topological polar surface area (TPSA) is 52.6 Å². The highest BCUT2D eigenvalue weighted by molar-refractivity contribution is 7.87. The van der Waals surface area contributed by atoms with Gasteiger partial charge in [-0.1, -0.05) is 12.8 Å². The molecule has 1 rings (SSSR count). The first-order valence-corrected chi connectivity index (χ1v) is 6.14. The third kappa shape index (κ3) is 2.86. The van der Waals surface area contributed by atoms with Crippen LogP contribution in [0, 0.1) is 0 Å². The van der Waals surface area contributed by atoms with Crippen LogP contribution in [-0.4, -0.2) is 33.2 Å². The summed E-state index contributed by atoms with van der Waals surface area (Å²) in [6.45, 7) is -0.578. The largest absolute Gasteiger partial charge is 0.523 e. The van der Waals surface area contributed by atoms with Crippen LogP contribution in [0.25, 0.3) is 0 Å². The summed E-state index contributed by atoms with van der Waals surface area (Å²) in [7, 11) is -4.17. The maximum atomic E-state index is 12.0. The van der Waals surface area contributed by atoms with Gasteiger partial charge in [-0.15, -0.1) is 0 Å². The van der Waals surface area contributed by atoms with Crippen molar-refractivity contribution in [2.24, 2.45) is 0 Å². The molecule has 8 heteroatoms. The SMILES string of the molecule is COC1(COS(=O)(=O)C(F)(F)F)CCCC1. The average Bonchev–Trinajstić information content (AvgIpc) is 2.62. The van der Waals surface area contributed by atoms with E-state index in [1.165, 1.54) is 7.11 Å². The first-order chi connectivity index (χ1) is 7.22. The highest BCUT2D eigenvalue weighted by atomic mass is 32.2. The van der Waals surface area contributed by atoms with Gasteiger partial charge in [0.15, 0.2) is 0 Å². The first-order valence-electron chi connectivity index (χ1n) is 4.73. The summed E-state index contributed by atoms with van der Waals surface area (Å²) in [5.41, 5.74) is -6.27. The predicted octanol–water partition coefficient (Wildman–Crippen LogP) is 1.81. The van der Waals surface area contributed by atoms with Crippen LogP contribution >= 0.6 is 0 Å². The molecule has 0 amide bonds. The predicted molar refractivity (Wildman–Crippen MR) is 49.1 cm³/mol. The summed E-state index contributed by atoms with van der Waals surface area (Å²) in [5.74, 6) is 0. The molecule has 0 unspecified atom stereocenters. The summed E-state index contributed by atoms with van der Waals surface area (Å²) >= 11 is 0. The van der Waals surface area contributed by atoms with Gasteiger partial charge in [0.05, 0.1) is 12.2 Å². The molecule has 0 saturated heterocycles. The molecule has 16 heavy (non-hydrogen) atoms. The van der Waals surface area contributed by atoms with Crippen molar-refractivity contribution in [1.29, 1.82) is 0 Å². The second kappa shape index (κ2) is 4.50. The van der Waals surface area contributed by atoms with E-state index in [2.05, 4.69) is 4.18 Å². The Labute approximate surface area is 91.8 Å². The molecule has 0 spiro atoms. The lowest BCUT2D eigenvalue weighted by Crippen LogP contribution is -2.37. The van der Waals surface area contributed by atoms with Gasteiger partial charge in [-0.2, -0.15) is 21.6 Å². The summed E-state index contributed by atoms with van der Waals surface area (Å²) in [5, 5.41) is 0. The van der Waals surface area contributed by atoms with Gasteiger partial charge in [0.1, 0.15) is 0 Å². The Morgan fingerprint density at radius 3 is 2.12 bits per heavy atom. The van der Waals surface area contributed by atoms with Gasteiger partial charge in [-0.25, -0.2) is 0 Å². The Kier molecular flexibility index (Phi) is 3.86. The van der Waals surface area contributed by atoms with E-state index in [0.717, 1.165) is 12.8 Å². The van der Waals surface area contributed by atoms with E-state index in [4.69, 9.17) is 4.74 Å². The normalized spacial score (nSPS) is 21.2. The molecule has 0 aromatic rings. The van der Waals surface area contributed by atoms with Crippen LogP contribution in [-0.2, 0) is 19.0 Å². The zero-order valence-electron chi connectivity index (χ0n) is 8.71. The molecular formula is C8H13F3O4S. The first kappa shape index (κ1) is 13.7. The lowest BCUT2D eigenvalue weighted by molar-refractivity contribution is -0.0698. The van der Waals surface area contributed by atoms with Gasteiger partial charge in [-0.3, -0.25) is 4.18 Å². The molecule has 0 N–H and O–H groups in total. The van der Waals surface area contributed by atoms with Gasteiger partial charge < -0.3 is 4.74 Å². The number of rotatable bonds is 4. The summed E-state index contributed by atoms with van der Waals surface area (Å²) in [4.78, 5) is 0. The molecule has 0 heterocycles. The standard InChI is InChI=1S/C8H13F3O4S/c1-14-7(4-2-3-5-7)6-15-16(12,13)8(9,10)11/h2-6H2,1H3. The molecular weight excluding hydrogens is 249 g/mol. The van der Waals surface area contributed by atoms with Crippen molar-refractivity contribution in [2.45, 2.75) is 36.8 Å². The van der Waals surface area contributed by atoms with Crippen molar-refractivity contribution in [2.75, 3.05) is 13.7 Å². The van der Waals surface area contributed by atoms with E-state index < -0.39 is 27.8 Å². The third-order valence-electron chi connectivity index (χ3n) is 2.71. The van der Waals surface area contributed by atoms with E-state index in [9.17, 15) is 21.6 Å². The van der Waals surface area contributed by atoms with Crippen molar-refractivity contribution >= 4 is 10.1 Å². The number of alkyl halides is 3. The van der Waals surface area contributed by atoms with E-state index >= 15 is 0 Å². The molecule has 0 radical (unpaired) electrons. The van der Waals surface area contributed by atoms with Crippen LogP contribution in [0.15, 0.2) is 0 Å². The molecule has 1 fully saturated rings. The van der Waals surface area contributed by atoms with Crippen molar-refractivity contribution in [1.82, 2.24) is 0 Å². The lowest BCUT2D eigenvalue weighted by Gasteiger charge is -2.26. The van der Waals surface area contributed by atoms with Crippen molar-refractivity contribution in [3.05, 3.63) is 0 Å². The molecule has 1 saturated carbocycles. The fraction of sp³-hybridized carbons (Fsp3) is 1.00. The molecule has 96 valence electrons. The fourth-order valence-corrected chi connectivity index (χ4v) is 2.18. The molecule has 0 aromatic heterocycles. The van der Waals surface area contributed by atoms with E-state index in [1.807, 2.05) is 0 Å². The number of halogens is 3. The number of hydrogen-bond acceptors (Lipinski definition) is 4. The van der Waals surface area contributed by atoms with Crippen molar-refractivity contribution < 1.29 is 30.5 Å². The second-order valence-electron chi connectivity index (χ2n) is 3.76. The number of hydrogen-bond donors (Lipinski definition) is 0. The Morgan fingerprint density at radius 1 is 1.25 bits per heavy atom. The fourth-order valence-electron chi connectivity index (χ4n) is 1.68. The molecule has 0 bridgehead atoms. The minimum Gasteiger partial charge on any atom is -0.376 e. The maximum Gasteiger partial charge on any atom is 0.523 e. The summed E-state index contributed by atoms with van der Waals surface area (Å²) in [6.07, 6.45) is 2.61. The van der Waals surface area contributed by atoms with Crippen molar-refractivity contribution in [3.63, 3.8) is 0 Å². The lowest BCUT2D eigenvalue weighted by atomic mass is 10.0. The van der Waals surface area contributed by atoms with E-state index in [-0.39, 0.29) is 0 Å². The smallest absolute Gasteiger partial charge is 0.376 e. The van der Waals surface area contributed by atoms with Gasteiger partial charge in [-0.05, 0) is 12.8 Å². The minimum absolute atomic E-state index is 0.511. The second-order valence-corrected chi connectivity index (χ2v) is 5.36. The van der Waals surface area contributed by atoms with Gasteiger partial charge in [0, 0.05) is 7.11 Å². The van der Waals surface area contributed by atoms with Crippen LogP contribution in [0.5, 0.6) is 0 Å². The van der Waals surface area contributed by atoms with Gasteiger partial charge >= 0.3 is 15.6 Å². The zero-order valence-corrected chi connectivity index (χ0v) is 9.53. The Balaban J connectivity index is 2.64. The summed E-state index contributed by atoms with van der Waals surface area (Å²) in [6, 6.07) is 0. The molecule has 1 aliphatic carbocycles. The Hall–Kier alpha value is -0.340. The van der Waals surface area contributed by atoms with Crippen LogP contribution in [0.3, 0.4) is 0 Å². The Bertz CT molecular complexity index is 330.